The number of ketones is 2. The topological polar surface area (TPSA) is 93.1 Å². The third kappa shape index (κ3) is 5.05. The highest BCUT2D eigenvalue weighted by atomic mass is 16.5. The van der Waals surface area contributed by atoms with Crippen LogP contribution in [0, 0.1) is 0 Å². The van der Waals surface area contributed by atoms with Gasteiger partial charge in [0.1, 0.15) is 23.0 Å². The number of phenols is 2. The summed E-state index contributed by atoms with van der Waals surface area (Å²) >= 11 is 0. The van der Waals surface area contributed by atoms with E-state index in [2.05, 4.69) is 0 Å². The molecule has 0 fully saturated rings. The van der Waals surface area contributed by atoms with Crippen molar-refractivity contribution in [3.63, 3.8) is 0 Å². The van der Waals surface area contributed by atoms with E-state index in [1.807, 2.05) is 0 Å². The third-order valence-electron chi connectivity index (χ3n) is 4.75. The number of phenolic OH excluding ortho intramolecular Hbond substituents is 2. The fourth-order valence-electron chi connectivity index (χ4n) is 3.08. The van der Waals surface area contributed by atoms with Crippen LogP contribution in [0.15, 0.2) is 72.8 Å². The Kier molecular flexibility index (Phi) is 7.08. The number of carbonyl (C=O) groups excluding carboxylic acids is 2. The van der Waals surface area contributed by atoms with E-state index in [1.165, 1.54) is 50.6 Å². The molecule has 0 aliphatic rings. The second-order valence-corrected chi connectivity index (χ2v) is 6.77. The molecule has 32 heavy (non-hydrogen) atoms. The van der Waals surface area contributed by atoms with Crippen molar-refractivity contribution in [1.82, 2.24) is 0 Å². The van der Waals surface area contributed by atoms with Crippen LogP contribution in [0.4, 0.5) is 0 Å². The van der Waals surface area contributed by atoms with Crippen molar-refractivity contribution < 1.29 is 29.3 Å². The van der Waals surface area contributed by atoms with Crippen molar-refractivity contribution in [1.29, 1.82) is 0 Å². The lowest BCUT2D eigenvalue weighted by atomic mass is 10.0. The van der Waals surface area contributed by atoms with E-state index in [-0.39, 0.29) is 34.2 Å². The predicted molar refractivity (Wildman–Crippen MR) is 122 cm³/mol. The largest absolute Gasteiger partial charge is 0.507 e. The number of allylic oxidation sites excluding steroid dienone is 2. The fourth-order valence-corrected chi connectivity index (χ4v) is 3.08. The molecule has 0 aromatic heterocycles. The van der Waals surface area contributed by atoms with Gasteiger partial charge in [-0.05, 0) is 60.7 Å². The maximum Gasteiger partial charge on any atom is 0.189 e. The molecule has 2 N–H and O–H groups in total. The predicted octanol–water partition coefficient (Wildman–Crippen LogP) is 4.91. The second-order valence-electron chi connectivity index (χ2n) is 6.77. The average molecular weight is 430 g/mol. The molecule has 3 aromatic rings. The third-order valence-corrected chi connectivity index (χ3v) is 4.75. The summed E-state index contributed by atoms with van der Waals surface area (Å²) in [6, 6.07) is 15.9. The van der Waals surface area contributed by atoms with Crippen LogP contribution in [0.2, 0.25) is 0 Å². The molecule has 0 radical (unpaired) electrons. The molecule has 3 aromatic carbocycles. The zero-order chi connectivity index (χ0) is 23.1. The monoisotopic (exact) mass is 430 g/mol. The first-order valence-electron chi connectivity index (χ1n) is 9.71. The first-order chi connectivity index (χ1) is 15.4. The highest BCUT2D eigenvalue weighted by Crippen LogP contribution is 2.31. The second kappa shape index (κ2) is 10.1. The van der Waals surface area contributed by atoms with Crippen molar-refractivity contribution >= 4 is 23.7 Å². The van der Waals surface area contributed by atoms with Gasteiger partial charge in [-0.1, -0.05) is 24.3 Å². The molecule has 162 valence electrons. The van der Waals surface area contributed by atoms with E-state index in [0.717, 1.165) is 0 Å². The molecular formula is C26H22O6. The minimum Gasteiger partial charge on any atom is -0.507 e. The van der Waals surface area contributed by atoms with E-state index in [4.69, 9.17) is 9.47 Å². The van der Waals surface area contributed by atoms with E-state index in [9.17, 15) is 19.8 Å². The average Bonchev–Trinajstić information content (AvgIpc) is 2.81. The van der Waals surface area contributed by atoms with Gasteiger partial charge in [-0.15, -0.1) is 0 Å². The zero-order valence-corrected chi connectivity index (χ0v) is 17.6. The highest BCUT2D eigenvalue weighted by molar-refractivity contribution is 6.09. The van der Waals surface area contributed by atoms with Crippen LogP contribution in [0.3, 0.4) is 0 Å². The van der Waals surface area contributed by atoms with Gasteiger partial charge in [-0.3, -0.25) is 9.59 Å². The van der Waals surface area contributed by atoms with Gasteiger partial charge in [0, 0.05) is 11.1 Å². The lowest BCUT2D eigenvalue weighted by molar-refractivity contribution is 0.103. The van der Waals surface area contributed by atoms with Gasteiger partial charge in [0.2, 0.25) is 0 Å². The number of carbonyl (C=O) groups is 2. The van der Waals surface area contributed by atoms with Crippen LogP contribution < -0.4 is 9.47 Å². The van der Waals surface area contributed by atoms with E-state index in [0.29, 0.717) is 22.6 Å². The molecule has 0 bridgehead atoms. The number of hydrogen-bond donors (Lipinski definition) is 2. The summed E-state index contributed by atoms with van der Waals surface area (Å²) in [4.78, 5) is 24.8. The van der Waals surface area contributed by atoms with Crippen LogP contribution in [0.5, 0.6) is 23.0 Å². The molecule has 0 atom stereocenters. The summed E-state index contributed by atoms with van der Waals surface area (Å²) in [5.74, 6) is 0.00824. The van der Waals surface area contributed by atoms with Crippen LogP contribution >= 0.6 is 0 Å². The molecule has 6 heteroatoms. The van der Waals surface area contributed by atoms with Gasteiger partial charge >= 0.3 is 0 Å². The molecular weight excluding hydrogens is 408 g/mol. The van der Waals surface area contributed by atoms with Crippen molar-refractivity contribution in [3.05, 3.63) is 95.1 Å². The summed E-state index contributed by atoms with van der Waals surface area (Å²) in [7, 11) is 2.98. The van der Waals surface area contributed by atoms with Crippen LogP contribution in [-0.2, 0) is 0 Å². The van der Waals surface area contributed by atoms with Gasteiger partial charge < -0.3 is 19.7 Å². The number of para-hydroxylation sites is 2. The molecule has 0 spiro atoms. The van der Waals surface area contributed by atoms with E-state index >= 15 is 0 Å². The first-order valence-corrected chi connectivity index (χ1v) is 9.71. The Morgan fingerprint density at radius 2 is 1.06 bits per heavy atom. The molecule has 3 rings (SSSR count). The summed E-state index contributed by atoms with van der Waals surface area (Å²) in [5, 5.41) is 19.7. The number of rotatable bonds is 8. The Balaban J connectivity index is 1.89. The maximum atomic E-state index is 12.4. The molecule has 0 heterocycles. The van der Waals surface area contributed by atoms with Gasteiger partial charge in [0.05, 0.1) is 25.3 Å². The zero-order valence-electron chi connectivity index (χ0n) is 17.6. The Morgan fingerprint density at radius 1 is 0.688 bits per heavy atom. The highest BCUT2D eigenvalue weighted by Gasteiger charge is 2.12. The smallest absolute Gasteiger partial charge is 0.189 e. The maximum absolute atomic E-state index is 12.4. The lowest BCUT2D eigenvalue weighted by Gasteiger charge is -2.11. The summed E-state index contributed by atoms with van der Waals surface area (Å²) in [6.07, 6.45) is 5.81. The molecule has 6 nitrogen and oxygen atoms in total. The van der Waals surface area contributed by atoms with E-state index in [1.54, 1.807) is 48.6 Å². The fraction of sp³-hybridized carbons (Fsp3) is 0.0769. The summed E-state index contributed by atoms with van der Waals surface area (Å²) in [5.41, 5.74) is 1.54. The van der Waals surface area contributed by atoms with Crippen molar-refractivity contribution in [2.24, 2.45) is 0 Å². The van der Waals surface area contributed by atoms with Gasteiger partial charge in [-0.2, -0.15) is 0 Å². The Morgan fingerprint density at radius 3 is 1.41 bits per heavy atom. The van der Waals surface area contributed by atoms with Gasteiger partial charge in [-0.25, -0.2) is 0 Å². The van der Waals surface area contributed by atoms with Gasteiger partial charge in [0.25, 0.3) is 0 Å². The summed E-state index contributed by atoms with van der Waals surface area (Å²) in [6.45, 7) is 0. The quantitative estimate of drug-likeness (QED) is 0.390. The molecule has 0 saturated carbocycles. The summed E-state index contributed by atoms with van der Waals surface area (Å²) < 4.78 is 10.9. The number of ether oxygens (including phenoxy) is 2. The van der Waals surface area contributed by atoms with Crippen molar-refractivity contribution in [2.45, 2.75) is 0 Å². The molecule has 0 unspecified atom stereocenters. The van der Waals surface area contributed by atoms with Crippen molar-refractivity contribution in [3.8, 4) is 23.0 Å². The Bertz CT molecular complexity index is 1110. The number of aromatic hydroxyl groups is 2. The van der Waals surface area contributed by atoms with Gasteiger partial charge in [0.15, 0.2) is 11.6 Å². The molecule has 0 aliphatic heterocycles. The van der Waals surface area contributed by atoms with Crippen LogP contribution in [-0.4, -0.2) is 36.0 Å². The van der Waals surface area contributed by atoms with Crippen molar-refractivity contribution in [2.75, 3.05) is 14.2 Å². The molecule has 0 amide bonds. The molecule has 0 aliphatic carbocycles. The number of benzene rings is 3. The minimum atomic E-state index is -0.360. The van der Waals surface area contributed by atoms with Crippen LogP contribution in [0.25, 0.3) is 12.2 Å². The Hall–Kier alpha value is -4.32. The first kappa shape index (κ1) is 22.4. The Labute approximate surface area is 185 Å². The standard InChI is InChI=1S/C26H22O6/c1-31-25-15-18(12-14-24(30)20-8-4-6-10-22(20)28)26(32-2)16-17(25)11-13-23(29)19-7-3-5-9-21(19)27/h3-16,27-28H,1-2H3/b13-11+,14-12+. The number of hydrogen-bond acceptors (Lipinski definition) is 6. The molecule has 0 saturated heterocycles. The van der Waals surface area contributed by atoms with Crippen LogP contribution in [0.1, 0.15) is 31.8 Å². The van der Waals surface area contributed by atoms with E-state index < -0.39 is 0 Å². The SMILES string of the molecule is COc1cc(/C=C/C(=O)c2ccccc2O)c(OC)cc1/C=C/C(=O)c1ccccc1O. The normalized spacial score (nSPS) is 11.1. The number of methoxy groups -OCH3 is 2. The lowest BCUT2D eigenvalue weighted by Crippen LogP contribution is -1.97. The minimum absolute atomic E-state index is 0.0960.